The largest absolute Gasteiger partial charge is 0.474 e. The van der Waals surface area contributed by atoms with Gasteiger partial charge in [-0.05, 0) is 36.6 Å². The lowest BCUT2D eigenvalue weighted by molar-refractivity contribution is 0.229. The molecule has 0 spiro atoms. The molecule has 0 bridgehead atoms. The molecule has 2 aromatic heterocycles. The van der Waals surface area contributed by atoms with Gasteiger partial charge in [-0.1, -0.05) is 29.8 Å². The van der Waals surface area contributed by atoms with Crippen molar-refractivity contribution in [2.45, 2.75) is 33.3 Å². The van der Waals surface area contributed by atoms with Crippen LogP contribution in [0.4, 0.5) is 0 Å². The zero-order valence-corrected chi connectivity index (χ0v) is 12.2. The number of nitrogens with zero attached hydrogens (tertiary/aromatic N) is 4. The highest BCUT2D eigenvalue weighted by Crippen LogP contribution is 2.21. The van der Waals surface area contributed by atoms with Gasteiger partial charge in [-0.2, -0.15) is 4.98 Å². The second-order valence-electron chi connectivity index (χ2n) is 5.22. The third-order valence-corrected chi connectivity index (χ3v) is 2.99. The van der Waals surface area contributed by atoms with E-state index in [-0.39, 0.29) is 6.10 Å². The van der Waals surface area contributed by atoms with Crippen LogP contribution in [0.1, 0.15) is 30.7 Å². The molecule has 6 heteroatoms. The van der Waals surface area contributed by atoms with Crippen LogP contribution < -0.4 is 4.74 Å². The molecular formula is C15H16N4O2. The van der Waals surface area contributed by atoms with E-state index in [1.807, 2.05) is 13.8 Å². The number of rotatable bonds is 4. The van der Waals surface area contributed by atoms with Gasteiger partial charge in [-0.25, -0.2) is 9.61 Å². The van der Waals surface area contributed by atoms with Gasteiger partial charge in [0, 0.05) is 6.42 Å². The van der Waals surface area contributed by atoms with Crippen molar-refractivity contribution in [1.29, 1.82) is 0 Å². The molecule has 0 fully saturated rings. The second-order valence-corrected chi connectivity index (χ2v) is 5.22. The molecule has 0 saturated carbocycles. The van der Waals surface area contributed by atoms with Crippen molar-refractivity contribution in [2.24, 2.45) is 0 Å². The number of hydrogen-bond donors (Lipinski definition) is 0. The van der Waals surface area contributed by atoms with Gasteiger partial charge in [0.25, 0.3) is 0 Å². The number of benzene rings is 1. The van der Waals surface area contributed by atoms with Gasteiger partial charge in [-0.15, -0.1) is 0 Å². The lowest BCUT2D eigenvalue weighted by atomic mass is 10.1. The van der Waals surface area contributed by atoms with E-state index in [0.29, 0.717) is 23.6 Å². The Hall–Kier alpha value is -2.50. The molecule has 0 radical (unpaired) electrons. The molecule has 0 saturated heterocycles. The first-order valence-corrected chi connectivity index (χ1v) is 6.83. The van der Waals surface area contributed by atoms with Crippen LogP contribution in [-0.4, -0.2) is 26.4 Å². The molecule has 108 valence electrons. The highest BCUT2D eigenvalue weighted by molar-refractivity contribution is 5.64. The van der Waals surface area contributed by atoms with Gasteiger partial charge in [-0.3, -0.25) is 0 Å². The van der Waals surface area contributed by atoms with Crippen LogP contribution >= 0.6 is 0 Å². The topological polar surface area (TPSA) is 73.9 Å². The second kappa shape index (κ2) is 5.47. The minimum absolute atomic E-state index is 0.00776. The predicted molar refractivity (Wildman–Crippen MR) is 77.1 cm³/mol. The maximum atomic E-state index is 5.74. The molecule has 6 nitrogen and oxygen atoms in total. The highest BCUT2D eigenvalue weighted by Gasteiger charge is 2.15. The van der Waals surface area contributed by atoms with Crippen molar-refractivity contribution >= 4 is 11.3 Å². The fourth-order valence-electron chi connectivity index (χ4n) is 1.99. The summed E-state index contributed by atoms with van der Waals surface area (Å²) in [6, 6.07) is 8.28. The SMILES string of the molecule is Cc1ccc(Cc2nc3nonc3nc2OC(C)C)cc1. The van der Waals surface area contributed by atoms with Crippen molar-refractivity contribution in [3.05, 3.63) is 41.1 Å². The molecule has 0 aliphatic heterocycles. The first kappa shape index (κ1) is 13.5. The van der Waals surface area contributed by atoms with Crippen molar-refractivity contribution in [3.8, 4) is 5.88 Å². The summed E-state index contributed by atoms with van der Waals surface area (Å²) in [6.07, 6.45) is 0.631. The molecule has 0 aliphatic carbocycles. The van der Waals surface area contributed by atoms with Crippen LogP contribution in [0.2, 0.25) is 0 Å². The fourth-order valence-corrected chi connectivity index (χ4v) is 1.99. The predicted octanol–water partition coefficient (Wildman–Crippen LogP) is 2.70. The van der Waals surface area contributed by atoms with Crippen LogP contribution in [0.5, 0.6) is 5.88 Å². The average molecular weight is 284 g/mol. The Balaban J connectivity index is 1.99. The minimum atomic E-state index is 0.00776. The molecule has 0 atom stereocenters. The third kappa shape index (κ3) is 2.99. The Morgan fingerprint density at radius 1 is 1.05 bits per heavy atom. The summed E-state index contributed by atoms with van der Waals surface area (Å²) in [6.45, 7) is 5.95. The van der Waals surface area contributed by atoms with E-state index in [4.69, 9.17) is 4.74 Å². The van der Waals surface area contributed by atoms with Gasteiger partial charge in [0.1, 0.15) is 5.69 Å². The van der Waals surface area contributed by atoms with E-state index in [1.54, 1.807) is 0 Å². The Morgan fingerprint density at radius 2 is 1.71 bits per heavy atom. The standard InChI is InChI=1S/C15H16N4O2/c1-9(2)20-15-12(8-11-6-4-10(3)5-7-11)16-13-14(17-15)19-21-18-13/h4-7,9H,8H2,1-3H3. The molecule has 0 amide bonds. The lowest BCUT2D eigenvalue weighted by Crippen LogP contribution is -2.10. The molecule has 2 heterocycles. The normalized spacial score (nSPS) is 11.2. The summed E-state index contributed by atoms with van der Waals surface area (Å²) in [5.41, 5.74) is 3.85. The summed E-state index contributed by atoms with van der Waals surface area (Å²) < 4.78 is 10.4. The molecule has 0 aliphatic rings. The van der Waals surface area contributed by atoms with Gasteiger partial charge in [0.05, 0.1) is 6.10 Å². The number of fused-ring (bicyclic) bond motifs is 1. The summed E-state index contributed by atoms with van der Waals surface area (Å²) in [5, 5.41) is 7.45. The Morgan fingerprint density at radius 3 is 2.38 bits per heavy atom. The van der Waals surface area contributed by atoms with E-state index in [2.05, 4.69) is 56.1 Å². The molecular weight excluding hydrogens is 268 g/mol. The van der Waals surface area contributed by atoms with Crippen molar-refractivity contribution in [2.75, 3.05) is 0 Å². The molecule has 21 heavy (non-hydrogen) atoms. The smallest absolute Gasteiger partial charge is 0.246 e. The number of aromatic nitrogens is 4. The van der Waals surface area contributed by atoms with Gasteiger partial charge in [0.15, 0.2) is 0 Å². The van der Waals surface area contributed by atoms with Crippen molar-refractivity contribution in [3.63, 3.8) is 0 Å². The van der Waals surface area contributed by atoms with E-state index >= 15 is 0 Å². The summed E-state index contributed by atoms with van der Waals surface area (Å²) >= 11 is 0. The van der Waals surface area contributed by atoms with E-state index in [0.717, 1.165) is 11.3 Å². The van der Waals surface area contributed by atoms with Gasteiger partial charge in [0.2, 0.25) is 17.2 Å². The molecule has 1 aromatic carbocycles. The highest BCUT2D eigenvalue weighted by atomic mass is 16.6. The Labute approximate surface area is 122 Å². The molecule has 0 N–H and O–H groups in total. The van der Waals surface area contributed by atoms with Crippen molar-refractivity contribution in [1.82, 2.24) is 20.3 Å². The van der Waals surface area contributed by atoms with Crippen LogP contribution in [0.15, 0.2) is 28.9 Å². The monoisotopic (exact) mass is 284 g/mol. The number of aryl methyl sites for hydroxylation is 1. The molecule has 3 aromatic rings. The van der Waals surface area contributed by atoms with Crippen LogP contribution in [0.25, 0.3) is 11.3 Å². The summed E-state index contributed by atoms with van der Waals surface area (Å²) in [5.74, 6) is 0.480. The molecule has 3 rings (SSSR count). The van der Waals surface area contributed by atoms with Crippen LogP contribution in [0, 0.1) is 6.92 Å². The lowest BCUT2D eigenvalue weighted by Gasteiger charge is -2.12. The zero-order chi connectivity index (χ0) is 14.8. The van der Waals surface area contributed by atoms with Crippen LogP contribution in [-0.2, 0) is 6.42 Å². The molecule has 0 unspecified atom stereocenters. The Bertz CT molecular complexity index is 750. The zero-order valence-electron chi connectivity index (χ0n) is 12.2. The first-order valence-electron chi connectivity index (χ1n) is 6.83. The minimum Gasteiger partial charge on any atom is -0.474 e. The van der Waals surface area contributed by atoms with E-state index in [1.165, 1.54) is 5.56 Å². The van der Waals surface area contributed by atoms with Crippen LogP contribution in [0.3, 0.4) is 0 Å². The maximum Gasteiger partial charge on any atom is 0.246 e. The number of ether oxygens (including phenoxy) is 1. The number of hydrogen-bond acceptors (Lipinski definition) is 6. The van der Waals surface area contributed by atoms with Gasteiger partial charge < -0.3 is 4.74 Å². The third-order valence-electron chi connectivity index (χ3n) is 2.99. The fraction of sp³-hybridized carbons (Fsp3) is 0.333. The van der Waals surface area contributed by atoms with E-state index < -0.39 is 0 Å². The Kier molecular flexibility index (Phi) is 3.51. The van der Waals surface area contributed by atoms with Gasteiger partial charge >= 0.3 is 0 Å². The first-order chi connectivity index (χ1) is 10.1. The van der Waals surface area contributed by atoms with E-state index in [9.17, 15) is 0 Å². The quantitative estimate of drug-likeness (QED) is 0.733. The van der Waals surface area contributed by atoms with Crippen molar-refractivity contribution < 1.29 is 9.37 Å². The summed E-state index contributed by atoms with van der Waals surface area (Å²) in [4.78, 5) is 8.79. The average Bonchev–Trinajstić information content (AvgIpc) is 2.88. The summed E-state index contributed by atoms with van der Waals surface area (Å²) in [7, 11) is 0. The maximum absolute atomic E-state index is 5.74.